The number of ketones is 1. The van der Waals surface area contributed by atoms with Gasteiger partial charge in [0.1, 0.15) is 55.9 Å². The van der Waals surface area contributed by atoms with Crippen LogP contribution in [0.4, 0.5) is 4.79 Å². The molecule has 4 aliphatic rings. The Morgan fingerprint density at radius 1 is 0.543 bits per heavy atom. The molecule has 1 amide bonds. The third kappa shape index (κ3) is 15.6. The molecule has 20 atom stereocenters. The molecular formula is C60H77N7O14. The van der Waals surface area contributed by atoms with Gasteiger partial charge in [0.2, 0.25) is 0 Å². The average Bonchev–Trinajstić information content (AvgIpc) is 3.68. The first-order chi connectivity index (χ1) is 39.1. The lowest BCUT2D eigenvalue weighted by Gasteiger charge is -2.51. The van der Waals surface area contributed by atoms with Gasteiger partial charge in [0.05, 0.1) is 50.8 Å². The van der Waals surface area contributed by atoms with Crippen molar-refractivity contribution >= 4 is 11.9 Å². The van der Waals surface area contributed by atoms with E-state index in [1.807, 2.05) is 149 Å². The van der Waals surface area contributed by atoms with Crippen LogP contribution >= 0.6 is 0 Å². The molecule has 1 N–H and O–H groups in total. The molecule has 4 fully saturated rings. The van der Waals surface area contributed by atoms with Gasteiger partial charge in [-0.15, -0.1) is 0 Å². The standard InChI is InChI=1S/C60H77N7O14/c1-35-37(3)53(72-31-45-25-17-11-18-26-45)59(77-47(35)33-71-30-44-23-15-10-16-24-44)80-54-42(8)76-57(49(64-66-62)55(54)81-58-50(69)36(2)38(4)51(78-58)40(6)68)79-52-39(5)41(7)75-56(48(52)63-65-61)74-34-67(29-43-21-13-9-14-22-43)60(70)73-32-46-27-19-12-20-28-46/h9-28,35-39,41-42,47-59,69H,29-34H2,1-8H3/t35-,36-,37-,38-,39-,41?,42-,47?,48?,49?,50?,51?,52-,53?,54+,55+,56+,57-,58-,59-/m0/s1. The van der Waals surface area contributed by atoms with Crippen molar-refractivity contribution in [2.24, 2.45) is 39.8 Å². The number of aliphatic hydroxyl groups is 1. The molecule has 436 valence electrons. The maximum atomic E-state index is 13.8. The molecule has 4 heterocycles. The number of amides is 1. The van der Waals surface area contributed by atoms with Crippen molar-refractivity contribution in [1.82, 2.24) is 4.90 Å². The molecule has 0 aliphatic carbocycles. The summed E-state index contributed by atoms with van der Waals surface area (Å²) in [5, 5.41) is 20.3. The van der Waals surface area contributed by atoms with Crippen LogP contribution in [0.3, 0.4) is 0 Å². The largest absolute Gasteiger partial charge is 0.444 e. The van der Waals surface area contributed by atoms with Crippen molar-refractivity contribution in [3.63, 3.8) is 0 Å². The van der Waals surface area contributed by atoms with Crippen LogP contribution in [0.1, 0.15) is 77.6 Å². The molecule has 7 unspecified atom stereocenters. The zero-order valence-corrected chi connectivity index (χ0v) is 47.2. The highest BCUT2D eigenvalue weighted by molar-refractivity contribution is 5.81. The van der Waals surface area contributed by atoms with Crippen molar-refractivity contribution in [1.29, 1.82) is 0 Å². The van der Waals surface area contributed by atoms with Gasteiger partial charge in [0.25, 0.3) is 0 Å². The lowest BCUT2D eigenvalue weighted by Crippen LogP contribution is -2.65. The van der Waals surface area contributed by atoms with E-state index in [9.17, 15) is 25.8 Å². The van der Waals surface area contributed by atoms with Crippen LogP contribution < -0.4 is 0 Å². The smallest absolute Gasteiger partial charge is 0.412 e. The van der Waals surface area contributed by atoms with Crippen molar-refractivity contribution < 1.29 is 66.8 Å². The van der Waals surface area contributed by atoms with Gasteiger partial charge in [-0.3, -0.25) is 9.69 Å². The Balaban J connectivity index is 1.09. The molecule has 0 bridgehead atoms. The number of benzene rings is 4. The molecule has 4 saturated heterocycles. The van der Waals surface area contributed by atoms with Gasteiger partial charge >= 0.3 is 6.09 Å². The summed E-state index contributed by atoms with van der Waals surface area (Å²) in [4.78, 5) is 34.7. The Hall–Kier alpha value is -6.00. The quantitative estimate of drug-likeness (QED) is 0.0314. The van der Waals surface area contributed by atoms with Crippen LogP contribution in [0.2, 0.25) is 0 Å². The van der Waals surface area contributed by atoms with Gasteiger partial charge < -0.3 is 57.2 Å². The van der Waals surface area contributed by atoms with Crippen LogP contribution in [0.25, 0.3) is 20.9 Å². The number of azide groups is 2. The first-order valence-corrected chi connectivity index (χ1v) is 27.9. The summed E-state index contributed by atoms with van der Waals surface area (Å²) < 4.78 is 72.4. The second-order valence-electron chi connectivity index (χ2n) is 21.8. The van der Waals surface area contributed by atoms with Crippen LogP contribution in [0.5, 0.6) is 0 Å². The third-order valence-corrected chi connectivity index (χ3v) is 16.3. The van der Waals surface area contributed by atoms with Crippen molar-refractivity contribution in [3.05, 3.63) is 164 Å². The molecule has 0 spiro atoms. The van der Waals surface area contributed by atoms with Crippen LogP contribution in [0.15, 0.2) is 132 Å². The lowest BCUT2D eigenvalue weighted by atomic mass is 9.82. The lowest BCUT2D eigenvalue weighted by molar-refractivity contribution is -0.369. The Kier molecular flexibility index (Phi) is 22.1. The number of carbonyl (C=O) groups excluding carboxylic acids is 2. The van der Waals surface area contributed by atoms with E-state index in [0.29, 0.717) is 6.61 Å². The summed E-state index contributed by atoms with van der Waals surface area (Å²) in [5.41, 5.74) is 24.1. The normalized spacial score (nSPS) is 34.0. The Bertz CT molecular complexity index is 2690. The molecule has 81 heavy (non-hydrogen) atoms. The highest BCUT2D eigenvalue weighted by Gasteiger charge is 2.55. The van der Waals surface area contributed by atoms with Gasteiger partial charge in [0, 0.05) is 15.7 Å². The predicted molar refractivity (Wildman–Crippen MR) is 295 cm³/mol. The molecule has 21 heteroatoms. The third-order valence-electron chi connectivity index (χ3n) is 16.3. The van der Waals surface area contributed by atoms with Gasteiger partial charge in [-0.1, -0.05) is 166 Å². The molecule has 4 aromatic rings. The SMILES string of the molecule is CC(=O)C1O[C@@H](O[C@@H]2C(N=[N+]=[N-])[C@H](O[C@@H]3C(N=[N+]=[N-])[C@H](OCN(Cc4ccccc4)C(=O)OCc4ccccc4)OC(C)[C@@H]3C)O[C@@H](C)[C@H]2O[C@@H]2OC(COCc3ccccc3)[C@@H](C)[C@H](C)C2OCc2ccccc2)C(O)[C@@H](C)[C@@H]1C. The summed E-state index contributed by atoms with van der Waals surface area (Å²) in [5.74, 6) is -1.85. The molecule has 4 aliphatic heterocycles. The maximum Gasteiger partial charge on any atom is 0.412 e. The summed E-state index contributed by atoms with van der Waals surface area (Å²) >= 11 is 0. The van der Waals surface area contributed by atoms with Crippen LogP contribution in [-0.4, -0.2) is 127 Å². The minimum Gasteiger partial charge on any atom is -0.444 e. The molecular weight excluding hydrogens is 1040 g/mol. The van der Waals surface area contributed by atoms with E-state index in [0.717, 1.165) is 22.3 Å². The Morgan fingerprint density at radius 2 is 1.07 bits per heavy atom. The molecule has 0 aromatic heterocycles. The Morgan fingerprint density at radius 3 is 1.67 bits per heavy atom. The fourth-order valence-electron chi connectivity index (χ4n) is 10.9. The fraction of sp³-hybridized carbons (Fsp3) is 0.567. The van der Waals surface area contributed by atoms with E-state index in [2.05, 4.69) is 33.9 Å². The summed E-state index contributed by atoms with van der Waals surface area (Å²) in [6.07, 6.45) is -14.2. The molecule has 0 radical (unpaired) electrons. The Labute approximate surface area is 473 Å². The van der Waals surface area contributed by atoms with Crippen molar-refractivity contribution in [2.45, 2.75) is 174 Å². The minimum atomic E-state index is -1.44. The molecule has 0 saturated carbocycles. The summed E-state index contributed by atoms with van der Waals surface area (Å²) in [7, 11) is 0. The van der Waals surface area contributed by atoms with E-state index in [1.165, 1.54) is 11.8 Å². The van der Waals surface area contributed by atoms with Crippen molar-refractivity contribution in [3.8, 4) is 0 Å². The second kappa shape index (κ2) is 29.3. The zero-order valence-electron chi connectivity index (χ0n) is 47.2. The number of hydrogen-bond acceptors (Lipinski definition) is 16. The fourth-order valence-corrected chi connectivity index (χ4v) is 10.9. The minimum absolute atomic E-state index is 0.0139. The van der Waals surface area contributed by atoms with Gasteiger partial charge in [-0.05, 0) is 77.8 Å². The van der Waals surface area contributed by atoms with E-state index in [-0.39, 0.29) is 56.6 Å². The maximum absolute atomic E-state index is 13.8. The van der Waals surface area contributed by atoms with Crippen molar-refractivity contribution in [2.75, 3.05) is 13.3 Å². The predicted octanol–water partition coefficient (Wildman–Crippen LogP) is 10.2. The van der Waals surface area contributed by atoms with Crippen LogP contribution in [-0.2, 0) is 83.3 Å². The second-order valence-corrected chi connectivity index (χ2v) is 21.8. The van der Waals surface area contributed by atoms with Crippen LogP contribution in [0, 0.1) is 29.6 Å². The number of hydrogen-bond donors (Lipinski definition) is 1. The number of ether oxygens (including phenoxy) is 11. The summed E-state index contributed by atoms with van der Waals surface area (Å²) in [6.45, 7) is 15.2. The first-order valence-electron chi connectivity index (χ1n) is 27.9. The molecule has 8 rings (SSSR count). The van der Waals surface area contributed by atoms with Gasteiger partial charge in [0.15, 0.2) is 30.9 Å². The average molecular weight is 1120 g/mol. The highest BCUT2D eigenvalue weighted by Crippen LogP contribution is 2.42. The number of nitrogens with zero attached hydrogens (tertiary/aromatic N) is 7. The summed E-state index contributed by atoms with van der Waals surface area (Å²) in [6, 6.07) is 35.6. The van der Waals surface area contributed by atoms with E-state index in [4.69, 9.17) is 52.1 Å². The highest BCUT2D eigenvalue weighted by atomic mass is 16.8. The zero-order chi connectivity index (χ0) is 57.6. The van der Waals surface area contributed by atoms with Gasteiger partial charge in [-0.2, -0.15) is 0 Å². The van der Waals surface area contributed by atoms with E-state index < -0.39 is 110 Å². The topological polar surface area (TPSA) is 257 Å². The molecule has 21 nitrogen and oxygen atoms in total. The monoisotopic (exact) mass is 1120 g/mol. The first kappa shape index (κ1) is 61.1. The van der Waals surface area contributed by atoms with E-state index in [1.54, 1.807) is 6.92 Å². The number of aliphatic hydroxyl groups excluding tert-OH is 1. The van der Waals surface area contributed by atoms with E-state index >= 15 is 0 Å². The number of rotatable bonds is 23. The molecule has 4 aromatic carbocycles. The number of Topliss-reactive ketones (excluding diaryl/α,β-unsaturated/α-hetero) is 1. The van der Waals surface area contributed by atoms with Gasteiger partial charge in [-0.25, -0.2) is 4.79 Å². The number of carbonyl (C=O) groups is 2.